The molecule has 1 aliphatic carbocycles. The molecule has 1 saturated carbocycles. The lowest BCUT2D eigenvalue weighted by atomic mass is 10.1. The van der Waals surface area contributed by atoms with Gasteiger partial charge in [-0.25, -0.2) is 4.79 Å². The molecule has 1 fully saturated rings. The molecule has 0 saturated heterocycles. The lowest BCUT2D eigenvalue weighted by molar-refractivity contribution is 0.102. The molecular weight excluding hydrogens is 452 g/mol. The summed E-state index contributed by atoms with van der Waals surface area (Å²) in [5.41, 5.74) is 5.88. The number of nitrogens with zero attached hydrogens (tertiary/aromatic N) is 2. The molecule has 4 aromatic rings. The molecule has 1 heterocycles. The highest BCUT2D eigenvalue weighted by Gasteiger charge is 2.31. The van der Waals surface area contributed by atoms with Crippen LogP contribution in [0.15, 0.2) is 72.8 Å². The van der Waals surface area contributed by atoms with Crippen LogP contribution in [-0.2, 0) is 6.54 Å². The second kappa shape index (κ2) is 9.70. The number of phenolic OH excluding ortho intramolecular Hbond substituents is 1. The lowest BCUT2D eigenvalue weighted by Crippen LogP contribution is -2.30. The van der Waals surface area contributed by atoms with E-state index in [-0.39, 0.29) is 23.6 Å². The van der Waals surface area contributed by atoms with E-state index in [2.05, 4.69) is 15.7 Å². The molecule has 3 aromatic carbocycles. The molecule has 182 valence electrons. The van der Waals surface area contributed by atoms with E-state index >= 15 is 0 Å². The molecule has 1 aromatic heterocycles. The Morgan fingerprint density at radius 1 is 0.972 bits per heavy atom. The molecule has 0 spiro atoms. The highest BCUT2D eigenvalue weighted by atomic mass is 16.3. The summed E-state index contributed by atoms with van der Waals surface area (Å²) >= 11 is 0. The third-order valence-electron chi connectivity index (χ3n) is 6.54. The Labute approximate surface area is 209 Å². The van der Waals surface area contributed by atoms with Gasteiger partial charge in [0.2, 0.25) is 0 Å². The molecule has 0 bridgehead atoms. The van der Waals surface area contributed by atoms with Crippen LogP contribution in [0.2, 0.25) is 0 Å². The maximum Gasteiger partial charge on any atom is 0.342 e. The maximum atomic E-state index is 13.1. The molecule has 36 heavy (non-hydrogen) atoms. The van der Waals surface area contributed by atoms with Gasteiger partial charge in [-0.05, 0) is 73.7 Å². The van der Waals surface area contributed by atoms with Gasteiger partial charge in [0, 0.05) is 29.3 Å². The van der Waals surface area contributed by atoms with Crippen molar-refractivity contribution in [1.82, 2.24) is 15.1 Å². The Hall–Kier alpha value is -4.39. The van der Waals surface area contributed by atoms with Crippen molar-refractivity contribution in [3.63, 3.8) is 0 Å². The first-order chi connectivity index (χ1) is 17.4. The largest absolute Gasteiger partial charge is 0.507 e. The van der Waals surface area contributed by atoms with Crippen LogP contribution in [0.25, 0.3) is 11.3 Å². The summed E-state index contributed by atoms with van der Waals surface area (Å²) in [6, 6.07) is 21.7. The quantitative estimate of drug-likeness (QED) is 0.306. The van der Waals surface area contributed by atoms with E-state index in [9.17, 15) is 14.7 Å². The van der Waals surface area contributed by atoms with Crippen LogP contribution in [0.5, 0.6) is 5.75 Å². The van der Waals surface area contributed by atoms with Crippen molar-refractivity contribution < 1.29 is 14.7 Å². The Balaban J connectivity index is 1.40. The summed E-state index contributed by atoms with van der Waals surface area (Å²) in [7, 11) is 0. The van der Waals surface area contributed by atoms with E-state index < -0.39 is 0 Å². The molecule has 5 rings (SSSR count). The summed E-state index contributed by atoms with van der Waals surface area (Å²) in [4.78, 5) is 25.9. The number of aromatic nitrogens is 2. The summed E-state index contributed by atoms with van der Waals surface area (Å²) in [5, 5.41) is 21.0. The van der Waals surface area contributed by atoms with Gasteiger partial charge in [-0.2, -0.15) is 9.78 Å². The van der Waals surface area contributed by atoms with E-state index in [1.165, 1.54) is 10.7 Å². The second-order valence-corrected chi connectivity index (χ2v) is 9.23. The Morgan fingerprint density at radius 2 is 1.69 bits per heavy atom. The highest BCUT2D eigenvalue weighted by molar-refractivity contribution is 6.05. The Morgan fingerprint density at radius 3 is 2.42 bits per heavy atom. The van der Waals surface area contributed by atoms with Crippen molar-refractivity contribution in [3.05, 3.63) is 101 Å². The minimum atomic E-state index is -0.310. The fourth-order valence-electron chi connectivity index (χ4n) is 4.26. The minimum absolute atomic E-state index is 0.0243. The SMILES string of the molecule is Cc1ccccc1CNC(=O)n1nc(-c2cc(NC(=O)c3ccccc3C)ccc2O)cc1C1CC1. The standard InChI is InChI=1S/C29H28N4O3/c1-18-7-3-5-9-21(18)17-30-29(36)33-26(20-11-12-20)16-25(32-33)24-15-22(13-14-27(24)34)31-28(35)23-10-6-4-8-19(23)2/h3-10,13-16,20,34H,11-12,17H2,1-2H3,(H,30,36)(H,31,35). The first-order valence-electron chi connectivity index (χ1n) is 12.0. The first-order valence-corrected chi connectivity index (χ1v) is 12.0. The van der Waals surface area contributed by atoms with Gasteiger partial charge in [-0.15, -0.1) is 0 Å². The van der Waals surface area contributed by atoms with Crippen molar-refractivity contribution in [2.75, 3.05) is 5.32 Å². The topological polar surface area (TPSA) is 96.3 Å². The highest BCUT2D eigenvalue weighted by Crippen LogP contribution is 2.42. The Kier molecular flexibility index (Phi) is 6.29. The van der Waals surface area contributed by atoms with Gasteiger partial charge in [0.15, 0.2) is 0 Å². The van der Waals surface area contributed by atoms with Gasteiger partial charge in [-0.3, -0.25) is 4.79 Å². The maximum absolute atomic E-state index is 13.1. The van der Waals surface area contributed by atoms with Gasteiger partial charge >= 0.3 is 6.03 Å². The first kappa shape index (κ1) is 23.4. The van der Waals surface area contributed by atoms with Crippen molar-refractivity contribution >= 4 is 17.6 Å². The number of carbonyl (C=O) groups is 2. The van der Waals surface area contributed by atoms with Crippen molar-refractivity contribution in [1.29, 1.82) is 0 Å². The summed E-state index contributed by atoms with van der Waals surface area (Å²) < 4.78 is 1.41. The van der Waals surface area contributed by atoms with Crippen LogP contribution in [-0.4, -0.2) is 26.8 Å². The molecule has 7 heteroatoms. The zero-order valence-electron chi connectivity index (χ0n) is 20.3. The van der Waals surface area contributed by atoms with Crippen LogP contribution in [0.1, 0.15) is 51.5 Å². The van der Waals surface area contributed by atoms with Crippen molar-refractivity contribution in [2.45, 2.75) is 39.2 Å². The van der Waals surface area contributed by atoms with Crippen LogP contribution >= 0.6 is 0 Å². The number of amides is 2. The average molecular weight is 481 g/mol. The summed E-state index contributed by atoms with van der Waals surface area (Å²) in [5.74, 6) is 0.0577. The molecule has 7 nitrogen and oxygen atoms in total. The third-order valence-corrected chi connectivity index (χ3v) is 6.54. The number of aromatic hydroxyl groups is 1. The zero-order valence-corrected chi connectivity index (χ0v) is 20.3. The van der Waals surface area contributed by atoms with Crippen molar-refractivity contribution in [2.24, 2.45) is 0 Å². The molecule has 1 aliphatic rings. The van der Waals surface area contributed by atoms with Crippen molar-refractivity contribution in [3.8, 4) is 17.0 Å². The molecule has 0 aliphatic heterocycles. The predicted molar refractivity (Wildman–Crippen MR) is 139 cm³/mol. The van der Waals surface area contributed by atoms with E-state index in [0.29, 0.717) is 29.1 Å². The third kappa shape index (κ3) is 4.86. The molecule has 0 atom stereocenters. The van der Waals surface area contributed by atoms with Crippen LogP contribution in [0, 0.1) is 13.8 Å². The van der Waals surface area contributed by atoms with E-state index in [4.69, 9.17) is 0 Å². The predicted octanol–water partition coefficient (Wildman–Crippen LogP) is 5.76. The summed E-state index contributed by atoms with van der Waals surface area (Å²) in [6.45, 7) is 4.29. The van der Waals surface area contributed by atoms with Crippen LogP contribution in [0.3, 0.4) is 0 Å². The van der Waals surface area contributed by atoms with Gasteiger partial charge < -0.3 is 15.7 Å². The number of phenols is 1. The number of rotatable bonds is 6. The minimum Gasteiger partial charge on any atom is -0.507 e. The monoisotopic (exact) mass is 480 g/mol. The fraction of sp³-hybridized carbons (Fsp3) is 0.207. The second-order valence-electron chi connectivity index (χ2n) is 9.23. The van der Waals surface area contributed by atoms with E-state index in [1.54, 1.807) is 18.2 Å². The van der Waals surface area contributed by atoms with Crippen LogP contribution in [0.4, 0.5) is 10.5 Å². The Bertz CT molecular complexity index is 1450. The summed E-state index contributed by atoms with van der Waals surface area (Å²) in [6.07, 6.45) is 1.99. The number of nitrogens with one attached hydrogen (secondary N) is 2. The molecule has 0 radical (unpaired) electrons. The molecule has 3 N–H and O–H groups in total. The lowest BCUT2D eigenvalue weighted by Gasteiger charge is -2.10. The van der Waals surface area contributed by atoms with E-state index in [0.717, 1.165) is 35.2 Å². The van der Waals surface area contributed by atoms with Gasteiger partial charge in [-0.1, -0.05) is 42.5 Å². The molecular formula is C29H28N4O3. The molecule has 0 unspecified atom stereocenters. The van der Waals surface area contributed by atoms with Gasteiger partial charge in [0.1, 0.15) is 5.75 Å². The molecule has 2 amide bonds. The number of hydrogen-bond acceptors (Lipinski definition) is 4. The van der Waals surface area contributed by atoms with Gasteiger partial charge in [0.25, 0.3) is 5.91 Å². The number of aryl methyl sites for hydroxylation is 2. The fourth-order valence-corrected chi connectivity index (χ4v) is 4.26. The average Bonchev–Trinajstić information content (AvgIpc) is 3.63. The number of hydrogen-bond donors (Lipinski definition) is 3. The number of anilines is 1. The number of benzene rings is 3. The van der Waals surface area contributed by atoms with Gasteiger partial charge in [0.05, 0.1) is 11.4 Å². The smallest absolute Gasteiger partial charge is 0.342 e. The zero-order chi connectivity index (χ0) is 25.2. The number of carbonyl (C=O) groups excluding carboxylic acids is 2. The normalized spacial score (nSPS) is 12.8. The van der Waals surface area contributed by atoms with Crippen LogP contribution < -0.4 is 10.6 Å². The van der Waals surface area contributed by atoms with E-state index in [1.807, 2.05) is 62.4 Å².